The van der Waals surface area contributed by atoms with E-state index in [1.807, 2.05) is 18.0 Å². The largest absolute Gasteiger partial charge is 0.355 e. The zero-order valence-electron chi connectivity index (χ0n) is 13.0. The van der Waals surface area contributed by atoms with E-state index in [4.69, 9.17) is 5.26 Å². The molecule has 1 aromatic rings. The molecular weight excluding hydrogens is 276 g/mol. The van der Waals surface area contributed by atoms with Crippen molar-refractivity contribution >= 4 is 11.7 Å². The van der Waals surface area contributed by atoms with E-state index in [0.29, 0.717) is 11.5 Å². The molecule has 0 bridgehead atoms. The van der Waals surface area contributed by atoms with Crippen LogP contribution in [0.4, 0.5) is 5.82 Å². The Morgan fingerprint density at radius 1 is 1.36 bits per heavy atom. The standard InChI is InChI=1S/C17H22N4O/c1-20(17(22)14-4-2-5-14)15-6-3-9-21(12-15)16-8-7-13(10-18)11-19-16/h7-8,11,14-15H,2-6,9,12H2,1H3. The number of piperidine rings is 1. The van der Waals surface area contributed by atoms with Gasteiger partial charge in [0.05, 0.1) is 5.56 Å². The molecule has 0 radical (unpaired) electrons. The zero-order chi connectivity index (χ0) is 15.5. The molecule has 2 aliphatic rings. The second-order valence-corrected chi connectivity index (χ2v) is 6.34. The maximum Gasteiger partial charge on any atom is 0.225 e. The Morgan fingerprint density at radius 2 is 2.18 bits per heavy atom. The first-order valence-corrected chi connectivity index (χ1v) is 8.07. The highest BCUT2D eigenvalue weighted by Gasteiger charge is 2.33. The summed E-state index contributed by atoms with van der Waals surface area (Å²) < 4.78 is 0. The number of aromatic nitrogens is 1. The van der Waals surface area contributed by atoms with Gasteiger partial charge in [-0.15, -0.1) is 0 Å². The Kier molecular flexibility index (Phi) is 4.28. The zero-order valence-corrected chi connectivity index (χ0v) is 13.0. The van der Waals surface area contributed by atoms with Crippen molar-refractivity contribution in [2.75, 3.05) is 25.0 Å². The molecule has 22 heavy (non-hydrogen) atoms. The molecule has 0 N–H and O–H groups in total. The molecule has 0 aromatic carbocycles. The molecule has 3 rings (SSSR count). The molecular formula is C17H22N4O. The van der Waals surface area contributed by atoms with Crippen molar-refractivity contribution in [3.8, 4) is 6.07 Å². The summed E-state index contributed by atoms with van der Waals surface area (Å²) in [6, 6.07) is 6.05. The highest BCUT2D eigenvalue weighted by molar-refractivity contribution is 5.79. The Balaban J connectivity index is 1.65. The van der Waals surface area contributed by atoms with E-state index in [2.05, 4.69) is 16.0 Å². The number of amides is 1. The van der Waals surface area contributed by atoms with Gasteiger partial charge in [-0.25, -0.2) is 4.98 Å². The monoisotopic (exact) mass is 298 g/mol. The van der Waals surface area contributed by atoms with Gasteiger partial charge < -0.3 is 9.80 Å². The molecule has 1 atom stereocenters. The molecule has 5 nitrogen and oxygen atoms in total. The van der Waals surface area contributed by atoms with Gasteiger partial charge in [-0.05, 0) is 37.8 Å². The number of pyridine rings is 1. The first-order chi connectivity index (χ1) is 10.7. The van der Waals surface area contributed by atoms with Crippen LogP contribution in [0.1, 0.15) is 37.7 Å². The number of carbonyl (C=O) groups is 1. The Labute approximate surface area is 131 Å². The van der Waals surface area contributed by atoms with Crippen molar-refractivity contribution in [2.24, 2.45) is 5.92 Å². The average molecular weight is 298 g/mol. The van der Waals surface area contributed by atoms with Crippen molar-refractivity contribution in [3.63, 3.8) is 0 Å². The normalized spacial score (nSPS) is 21.8. The predicted molar refractivity (Wildman–Crippen MR) is 84.3 cm³/mol. The fraction of sp³-hybridized carbons (Fsp3) is 0.588. The Hall–Kier alpha value is -2.09. The third kappa shape index (κ3) is 2.92. The fourth-order valence-electron chi connectivity index (χ4n) is 3.24. The van der Waals surface area contributed by atoms with E-state index in [-0.39, 0.29) is 12.0 Å². The molecule has 1 saturated carbocycles. The van der Waals surface area contributed by atoms with Crippen LogP contribution in [0.15, 0.2) is 18.3 Å². The number of hydrogen-bond donors (Lipinski definition) is 0. The van der Waals surface area contributed by atoms with Crippen molar-refractivity contribution in [3.05, 3.63) is 23.9 Å². The molecule has 0 spiro atoms. The first-order valence-electron chi connectivity index (χ1n) is 8.07. The van der Waals surface area contributed by atoms with Gasteiger partial charge >= 0.3 is 0 Å². The van der Waals surface area contributed by atoms with Crippen molar-refractivity contribution in [1.29, 1.82) is 5.26 Å². The lowest BCUT2D eigenvalue weighted by Gasteiger charge is -2.40. The first kappa shape index (κ1) is 14.8. The molecule has 1 saturated heterocycles. The van der Waals surface area contributed by atoms with Crippen molar-refractivity contribution in [2.45, 2.75) is 38.1 Å². The van der Waals surface area contributed by atoms with Gasteiger partial charge in [-0.3, -0.25) is 4.79 Å². The van der Waals surface area contributed by atoms with Crippen molar-refractivity contribution in [1.82, 2.24) is 9.88 Å². The van der Waals surface area contributed by atoms with E-state index in [1.165, 1.54) is 6.42 Å². The molecule has 1 aromatic heterocycles. The number of anilines is 1. The maximum absolute atomic E-state index is 12.4. The molecule has 2 heterocycles. The molecule has 2 fully saturated rings. The van der Waals surface area contributed by atoms with Crippen LogP contribution in [-0.4, -0.2) is 42.0 Å². The second kappa shape index (κ2) is 6.35. The molecule has 1 amide bonds. The summed E-state index contributed by atoms with van der Waals surface area (Å²) in [6.45, 7) is 1.79. The lowest BCUT2D eigenvalue weighted by atomic mass is 9.84. The lowest BCUT2D eigenvalue weighted by molar-refractivity contribution is -0.139. The van der Waals surface area contributed by atoms with Gasteiger partial charge in [-0.1, -0.05) is 6.42 Å². The molecule has 116 valence electrons. The summed E-state index contributed by atoms with van der Waals surface area (Å²) in [7, 11) is 1.95. The summed E-state index contributed by atoms with van der Waals surface area (Å²) in [6.07, 6.45) is 7.03. The number of rotatable bonds is 3. The van der Waals surface area contributed by atoms with Gasteiger partial charge in [0.15, 0.2) is 0 Å². The molecule has 1 aliphatic heterocycles. The van der Waals surface area contributed by atoms with Crippen LogP contribution >= 0.6 is 0 Å². The quantitative estimate of drug-likeness (QED) is 0.858. The van der Waals surface area contributed by atoms with E-state index >= 15 is 0 Å². The third-order valence-corrected chi connectivity index (χ3v) is 4.95. The number of nitriles is 1. The van der Waals surface area contributed by atoms with E-state index in [9.17, 15) is 4.79 Å². The van der Waals surface area contributed by atoms with Crippen LogP contribution in [0.3, 0.4) is 0 Å². The second-order valence-electron chi connectivity index (χ2n) is 6.34. The summed E-state index contributed by atoms with van der Waals surface area (Å²) in [5.74, 6) is 1.47. The highest BCUT2D eigenvalue weighted by Crippen LogP contribution is 2.30. The third-order valence-electron chi connectivity index (χ3n) is 4.95. The lowest BCUT2D eigenvalue weighted by Crippen LogP contribution is -2.51. The Morgan fingerprint density at radius 3 is 2.77 bits per heavy atom. The van der Waals surface area contributed by atoms with Crippen LogP contribution in [0.25, 0.3) is 0 Å². The summed E-state index contributed by atoms with van der Waals surface area (Å²) >= 11 is 0. The molecule has 1 unspecified atom stereocenters. The van der Waals surface area contributed by atoms with Gasteiger partial charge in [0.1, 0.15) is 11.9 Å². The predicted octanol–water partition coefficient (Wildman–Crippen LogP) is 2.18. The number of likely N-dealkylation sites (N-methyl/N-ethyl adjacent to an activating group) is 1. The number of nitrogens with zero attached hydrogens (tertiary/aromatic N) is 4. The fourth-order valence-corrected chi connectivity index (χ4v) is 3.24. The summed E-state index contributed by atoms with van der Waals surface area (Å²) in [5.41, 5.74) is 0.578. The minimum atomic E-state index is 0.258. The summed E-state index contributed by atoms with van der Waals surface area (Å²) in [5, 5.41) is 8.85. The molecule has 1 aliphatic carbocycles. The van der Waals surface area contributed by atoms with Gasteiger partial charge in [0.25, 0.3) is 0 Å². The number of carbonyl (C=O) groups excluding carboxylic acids is 1. The van der Waals surface area contributed by atoms with E-state index < -0.39 is 0 Å². The smallest absolute Gasteiger partial charge is 0.225 e. The van der Waals surface area contributed by atoms with Gasteiger partial charge in [0, 0.05) is 38.3 Å². The maximum atomic E-state index is 12.4. The van der Waals surface area contributed by atoms with E-state index in [1.54, 1.807) is 12.3 Å². The van der Waals surface area contributed by atoms with Gasteiger partial charge in [-0.2, -0.15) is 5.26 Å². The van der Waals surface area contributed by atoms with Crippen LogP contribution < -0.4 is 4.90 Å². The number of hydrogen-bond acceptors (Lipinski definition) is 4. The minimum Gasteiger partial charge on any atom is -0.355 e. The van der Waals surface area contributed by atoms with Crippen LogP contribution in [0.5, 0.6) is 0 Å². The van der Waals surface area contributed by atoms with Crippen LogP contribution in [0, 0.1) is 17.2 Å². The van der Waals surface area contributed by atoms with Gasteiger partial charge in [0.2, 0.25) is 5.91 Å². The minimum absolute atomic E-state index is 0.258. The molecule has 5 heteroatoms. The SMILES string of the molecule is CN(C(=O)C1CCC1)C1CCCN(c2ccc(C#N)cn2)C1. The van der Waals surface area contributed by atoms with Crippen LogP contribution in [-0.2, 0) is 4.79 Å². The van der Waals surface area contributed by atoms with Crippen molar-refractivity contribution < 1.29 is 4.79 Å². The highest BCUT2D eigenvalue weighted by atomic mass is 16.2. The summed E-state index contributed by atoms with van der Waals surface area (Å²) in [4.78, 5) is 21.0. The Bertz CT molecular complexity index is 573. The topological polar surface area (TPSA) is 60.2 Å². The average Bonchev–Trinajstić information content (AvgIpc) is 2.52. The van der Waals surface area contributed by atoms with E-state index in [0.717, 1.165) is 44.6 Å². The van der Waals surface area contributed by atoms with Crippen LogP contribution in [0.2, 0.25) is 0 Å².